The van der Waals surface area contributed by atoms with Crippen LogP contribution in [0.3, 0.4) is 0 Å². The fourth-order valence-electron chi connectivity index (χ4n) is 8.10. The predicted molar refractivity (Wildman–Crippen MR) is 230 cm³/mol. The van der Waals surface area contributed by atoms with Crippen molar-refractivity contribution in [2.24, 2.45) is 0 Å². The first-order valence-corrected chi connectivity index (χ1v) is 19.9. The van der Waals surface area contributed by atoms with Crippen LogP contribution in [0.15, 0.2) is 158 Å². The van der Waals surface area contributed by atoms with Crippen LogP contribution in [0.4, 0.5) is 78.0 Å². The van der Waals surface area contributed by atoms with Crippen molar-refractivity contribution in [3.05, 3.63) is 216 Å². The summed E-state index contributed by atoms with van der Waals surface area (Å²) in [5.41, 5.74) is -0.129. The normalized spacial score (nSPS) is 11.7. The number of benzene rings is 9. The molecule has 0 saturated carbocycles. The molecule has 66 heavy (non-hydrogen) atoms. The van der Waals surface area contributed by atoms with Gasteiger partial charge >= 0.3 is 0 Å². The van der Waals surface area contributed by atoms with E-state index < -0.39 is 69.5 Å². The standard InChI is InChI=1S/C52H26F10N2O2/c53-39-41(55)45(59)49(46(60)42(39)56)63(29-11-3-1-4-12-29)31-23-19-27(20-24-31)37-33-15-7-8-16-34(33)38(52-51(37)65-35-17-9-10-18-36(35)66-52)28-21-25-32(26-22-28)64(30-13-5-2-6-14-30)50-47(61)43(57)40(54)44(58)48(50)62/h1-26H. The summed E-state index contributed by atoms with van der Waals surface area (Å²) in [5, 5.41) is 1.22. The van der Waals surface area contributed by atoms with Crippen molar-refractivity contribution in [1.29, 1.82) is 0 Å². The second-order valence-electron chi connectivity index (χ2n) is 14.9. The highest BCUT2D eigenvalue weighted by Crippen LogP contribution is 2.58. The van der Waals surface area contributed by atoms with Gasteiger partial charge in [-0.1, -0.05) is 97.1 Å². The summed E-state index contributed by atoms with van der Waals surface area (Å²) in [4.78, 5) is 1.84. The van der Waals surface area contributed by atoms with Gasteiger partial charge in [-0.15, -0.1) is 0 Å². The van der Waals surface area contributed by atoms with Crippen molar-refractivity contribution >= 4 is 44.9 Å². The third-order valence-corrected chi connectivity index (χ3v) is 11.1. The zero-order valence-electron chi connectivity index (χ0n) is 33.5. The van der Waals surface area contributed by atoms with Gasteiger partial charge in [0.25, 0.3) is 0 Å². The molecule has 14 heteroatoms. The first-order chi connectivity index (χ1) is 31.9. The highest BCUT2D eigenvalue weighted by molar-refractivity contribution is 6.11. The quantitative estimate of drug-likeness (QED) is 0.0862. The molecule has 0 aliphatic carbocycles. The molecule has 0 aromatic heterocycles. The predicted octanol–water partition coefficient (Wildman–Crippen LogP) is 16.4. The van der Waals surface area contributed by atoms with Crippen molar-refractivity contribution in [3.63, 3.8) is 0 Å². The molecule has 0 saturated heterocycles. The molecule has 9 aromatic rings. The number of ether oxygens (including phenoxy) is 2. The number of para-hydroxylation sites is 4. The van der Waals surface area contributed by atoms with E-state index >= 15 is 17.6 Å². The largest absolute Gasteiger partial charge is 0.449 e. The lowest BCUT2D eigenvalue weighted by Gasteiger charge is -2.29. The van der Waals surface area contributed by atoms with Crippen LogP contribution in [-0.2, 0) is 0 Å². The van der Waals surface area contributed by atoms with Gasteiger partial charge in [0.2, 0.25) is 11.6 Å². The Balaban J connectivity index is 1.14. The number of fused-ring (bicyclic) bond motifs is 3. The maximum absolute atomic E-state index is 15.5. The zero-order valence-corrected chi connectivity index (χ0v) is 33.5. The molecule has 1 aliphatic rings. The van der Waals surface area contributed by atoms with Gasteiger partial charge in [-0.3, -0.25) is 0 Å². The van der Waals surface area contributed by atoms with E-state index in [0.717, 1.165) is 9.80 Å². The van der Waals surface area contributed by atoms with Gasteiger partial charge in [-0.2, -0.15) is 0 Å². The van der Waals surface area contributed by atoms with Crippen LogP contribution >= 0.6 is 0 Å². The second-order valence-corrected chi connectivity index (χ2v) is 14.9. The molecular formula is C52H26F10N2O2. The van der Waals surface area contributed by atoms with E-state index in [9.17, 15) is 26.3 Å². The zero-order chi connectivity index (χ0) is 46.0. The average Bonchev–Trinajstić information content (AvgIpc) is 3.36. The Bertz CT molecular complexity index is 3090. The number of hydrogen-bond donors (Lipinski definition) is 0. The molecule has 0 amide bonds. The molecule has 0 fully saturated rings. The summed E-state index contributed by atoms with van der Waals surface area (Å²) in [6, 6.07) is 41.4. The fourth-order valence-corrected chi connectivity index (χ4v) is 8.10. The Morgan fingerprint density at radius 2 is 0.545 bits per heavy atom. The molecule has 1 heterocycles. The molecule has 1 aliphatic heterocycles. The summed E-state index contributed by atoms with van der Waals surface area (Å²) in [5.74, 6) is -20.0. The average molecular weight is 901 g/mol. The van der Waals surface area contributed by atoms with Crippen molar-refractivity contribution in [2.75, 3.05) is 9.80 Å². The lowest BCUT2D eigenvalue weighted by molar-refractivity contribution is 0.362. The molecule has 0 N–H and O–H groups in total. The van der Waals surface area contributed by atoms with E-state index in [4.69, 9.17) is 9.47 Å². The van der Waals surface area contributed by atoms with Gasteiger partial charge in [0, 0.05) is 33.9 Å². The minimum atomic E-state index is -2.30. The van der Waals surface area contributed by atoms with Crippen LogP contribution in [0.25, 0.3) is 33.0 Å². The van der Waals surface area contributed by atoms with Crippen LogP contribution in [-0.4, -0.2) is 0 Å². The molecular weight excluding hydrogens is 875 g/mol. The maximum Gasteiger partial charge on any atom is 0.200 e. The van der Waals surface area contributed by atoms with Gasteiger partial charge in [0.15, 0.2) is 69.5 Å². The van der Waals surface area contributed by atoms with E-state index in [1.165, 1.54) is 72.8 Å². The third-order valence-electron chi connectivity index (χ3n) is 11.1. The van der Waals surface area contributed by atoms with Gasteiger partial charge in [-0.25, -0.2) is 43.9 Å². The van der Waals surface area contributed by atoms with Crippen LogP contribution in [0.1, 0.15) is 0 Å². The summed E-state index contributed by atoms with van der Waals surface area (Å²) >= 11 is 0. The summed E-state index contributed by atoms with van der Waals surface area (Å²) < 4.78 is 162. The first kappa shape index (κ1) is 41.7. The number of nitrogens with zero attached hydrogens (tertiary/aromatic N) is 2. The van der Waals surface area contributed by atoms with Crippen LogP contribution < -0.4 is 19.3 Å². The Kier molecular flexibility index (Phi) is 10.4. The molecule has 326 valence electrons. The minimum Gasteiger partial charge on any atom is -0.449 e. The molecule has 0 atom stereocenters. The minimum absolute atomic E-state index is 0.0426. The summed E-state index contributed by atoms with van der Waals surface area (Å²) in [6.07, 6.45) is 0. The van der Waals surface area contributed by atoms with E-state index in [1.54, 1.807) is 72.8 Å². The van der Waals surface area contributed by atoms with Crippen LogP contribution in [0.5, 0.6) is 23.0 Å². The van der Waals surface area contributed by atoms with E-state index in [-0.39, 0.29) is 34.2 Å². The van der Waals surface area contributed by atoms with Crippen molar-refractivity contribution in [1.82, 2.24) is 0 Å². The maximum atomic E-state index is 15.5. The number of anilines is 6. The molecule has 10 rings (SSSR count). The Labute approximate surface area is 368 Å². The molecule has 0 unspecified atom stereocenters. The molecule has 0 bridgehead atoms. The molecule has 4 nitrogen and oxygen atoms in total. The van der Waals surface area contributed by atoms with Crippen molar-refractivity contribution < 1.29 is 53.4 Å². The fraction of sp³-hybridized carbons (Fsp3) is 0. The van der Waals surface area contributed by atoms with Gasteiger partial charge in [0.05, 0.1) is 0 Å². The molecule has 9 aromatic carbocycles. The Hall–Kier alpha value is -8.26. The highest BCUT2D eigenvalue weighted by atomic mass is 19.2. The monoisotopic (exact) mass is 900 g/mol. The lowest BCUT2D eigenvalue weighted by Crippen LogP contribution is -2.17. The van der Waals surface area contributed by atoms with Crippen molar-refractivity contribution in [2.45, 2.75) is 0 Å². The lowest BCUT2D eigenvalue weighted by atomic mass is 9.89. The smallest absolute Gasteiger partial charge is 0.200 e. The molecule has 0 spiro atoms. The van der Waals surface area contributed by atoms with Gasteiger partial charge in [0.1, 0.15) is 11.4 Å². The summed E-state index contributed by atoms with van der Waals surface area (Å²) in [6.45, 7) is 0. The van der Waals surface area contributed by atoms with E-state index in [1.807, 2.05) is 12.1 Å². The van der Waals surface area contributed by atoms with E-state index in [2.05, 4.69) is 0 Å². The molecule has 0 radical (unpaired) electrons. The van der Waals surface area contributed by atoms with Gasteiger partial charge < -0.3 is 19.3 Å². The van der Waals surface area contributed by atoms with E-state index in [0.29, 0.717) is 44.5 Å². The Morgan fingerprint density at radius 3 is 0.879 bits per heavy atom. The second kappa shape index (κ2) is 16.4. The Morgan fingerprint density at radius 1 is 0.273 bits per heavy atom. The van der Waals surface area contributed by atoms with Crippen molar-refractivity contribution in [3.8, 4) is 45.3 Å². The van der Waals surface area contributed by atoms with Crippen LogP contribution in [0, 0.1) is 58.2 Å². The highest BCUT2D eigenvalue weighted by Gasteiger charge is 2.34. The number of halogens is 10. The van der Waals surface area contributed by atoms with Gasteiger partial charge in [-0.05, 0) is 82.6 Å². The number of hydrogen-bond acceptors (Lipinski definition) is 4. The third kappa shape index (κ3) is 6.71. The first-order valence-electron chi connectivity index (χ1n) is 19.9. The topological polar surface area (TPSA) is 24.9 Å². The number of rotatable bonds is 8. The van der Waals surface area contributed by atoms with Crippen LogP contribution in [0.2, 0.25) is 0 Å². The summed E-state index contributed by atoms with van der Waals surface area (Å²) in [7, 11) is 0. The SMILES string of the molecule is Fc1c(F)c(F)c(N(c2ccccc2)c2ccc(-c3c4c(c(-c5ccc(N(c6ccccc6)c6c(F)c(F)c(F)c(F)c6F)cc5)c5ccccc35)Oc3ccccc3O4)cc2)c(F)c1F.